The van der Waals surface area contributed by atoms with E-state index >= 15 is 0 Å². The number of nitrogens with zero attached hydrogens (tertiary/aromatic N) is 2. The molecule has 7 heteroatoms. The quantitative estimate of drug-likeness (QED) is 0.652. The number of aliphatic hydroxyl groups is 1. The molecule has 6 nitrogen and oxygen atoms in total. The van der Waals surface area contributed by atoms with Gasteiger partial charge in [0.15, 0.2) is 0 Å². The highest BCUT2D eigenvalue weighted by atomic mass is 35.5. The van der Waals surface area contributed by atoms with Gasteiger partial charge in [0.05, 0.1) is 18.8 Å². The summed E-state index contributed by atoms with van der Waals surface area (Å²) in [6.45, 7) is 2.70. The van der Waals surface area contributed by atoms with Crippen LogP contribution in [-0.2, 0) is 13.1 Å². The number of hydrogen-bond acceptors (Lipinski definition) is 4. The summed E-state index contributed by atoms with van der Waals surface area (Å²) in [6.07, 6.45) is 1.83. The fourth-order valence-electron chi connectivity index (χ4n) is 2.57. The van der Waals surface area contributed by atoms with Crippen molar-refractivity contribution in [3.8, 4) is 11.5 Å². The second-order valence-corrected chi connectivity index (χ2v) is 6.43. The van der Waals surface area contributed by atoms with Gasteiger partial charge in [-0.05, 0) is 49.4 Å². The third-order valence-electron chi connectivity index (χ3n) is 3.96. The number of aromatic nitrogens is 2. The van der Waals surface area contributed by atoms with Crippen molar-refractivity contribution in [2.45, 2.75) is 20.0 Å². The Labute approximate surface area is 162 Å². The van der Waals surface area contributed by atoms with Crippen molar-refractivity contribution in [1.82, 2.24) is 15.1 Å². The molecule has 2 N–H and O–H groups in total. The Morgan fingerprint density at radius 3 is 2.70 bits per heavy atom. The molecule has 0 unspecified atom stereocenters. The van der Waals surface area contributed by atoms with Crippen LogP contribution in [0.4, 0.5) is 0 Å². The summed E-state index contributed by atoms with van der Waals surface area (Å²) < 4.78 is 7.38. The topological polar surface area (TPSA) is 76.4 Å². The molecule has 0 aliphatic rings. The van der Waals surface area contributed by atoms with E-state index in [1.807, 2.05) is 25.3 Å². The van der Waals surface area contributed by atoms with Gasteiger partial charge in [0, 0.05) is 28.9 Å². The third kappa shape index (κ3) is 5.09. The SMILES string of the molecule is Cc1nn(CCO)cc1CNC(=O)c1ccc(Oc2cccc(Cl)c2)cc1. The van der Waals surface area contributed by atoms with Crippen molar-refractivity contribution in [3.63, 3.8) is 0 Å². The molecule has 27 heavy (non-hydrogen) atoms. The number of rotatable bonds is 7. The number of carbonyl (C=O) groups excluding carboxylic acids is 1. The van der Waals surface area contributed by atoms with Crippen LogP contribution < -0.4 is 10.1 Å². The third-order valence-corrected chi connectivity index (χ3v) is 4.20. The molecular weight excluding hydrogens is 366 g/mol. The minimum absolute atomic E-state index is 0.0243. The Kier molecular flexibility index (Phi) is 6.11. The van der Waals surface area contributed by atoms with Gasteiger partial charge in [-0.1, -0.05) is 17.7 Å². The molecule has 1 heterocycles. The number of ether oxygens (including phenoxy) is 1. The van der Waals surface area contributed by atoms with E-state index in [1.54, 1.807) is 41.1 Å². The number of aliphatic hydroxyl groups excluding tert-OH is 1. The van der Waals surface area contributed by atoms with E-state index < -0.39 is 0 Å². The van der Waals surface area contributed by atoms with Crippen LogP contribution in [0.5, 0.6) is 11.5 Å². The second-order valence-electron chi connectivity index (χ2n) is 5.99. The maximum atomic E-state index is 12.3. The van der Waals surface area contributed by atoms with Crippen LogP contribution in [0.3, 0.4) is 0 Å². The van der Waals surface area contributed by atoms with Crippen LogP contribution in [0, 0.1) is 6.92 Å². The van der Waals surface area contributed by atoms with E-state index in [-0.39, 0.29) is 12.5 Å². The largest absolute Gasteiger partial charge is 0.457 e. The number of hydrogen-bond donors (Lipinski definition) is 2. The van der Waals surface area contributed by atoms with Gasteiger partial charge in [-0.3, -0.25) is 9.48 Å². The maximum Gasteiger partial charge on any atom is 0.251 e. The number of nitrogens with one attached hydrogen (secondary N) is 1. The van der Waals surface area contributed by atoms with Crippen LogP contribution in [0.2, 0.25) is 5.02 Å². The van der Waals surface area contributed by atoms with Crippen LogP contribution in [-0.4, -0.2) is 27.4 Å². The number of amides is 1. The lowest BCUT2D eigenvalue weighted by molar-refractivity contribution is 0.0951. The maximum absolute atomic E-state index is 12.3. The molecule has 3 aromatic rings. The molecule has 0 radical (unpaired) electrons. The van der Waals surface area contributed by atoms with Crippen molar-refractivity contribution in [1.29, 1.82) is 0 Å². The predicted octanol–water partition coefficient (Wildman–Crippen LogP) is 3.56. The second kappa shape index (κ2) is 8.70. The zero-order chi connectivity index (χ0) is 19.2. The highest BCUT2D eigenvalue weighted by Crippen LogP contribution is 2.24. The minimum atomic E-state index is -0.182. The molecule has 0 spiro atoms. The van der Waals surface area contributed by atoms with E-state index in [1.165, 1.54) is 0 Å². The summed E-state index contributed by atoms with van der Waals surface area (Å²) in [6, 6.07) is 14.0. The monoisotopic (exact) mass is 385 g/mol. The van der Waals surface area contributed by atoms with E-state index in [2.05, 4.69) is 10.4 Å². The standard InChI is InChI=1S/C20H20ClN3O3/c1-14-16(13-24(23-14)9-10-25)12-22-20(26)15-5-7-18(8-6-15)27-19-4-2-3-17(21)11-19/h2-8,11,13,25H,9-10,12H2,1H3,(H,22,26). The Morgan fingerprint density at radius 2 is 2.00 bits per heavy atom. The molecule has 0 aliphatic heterocycles. The first kappa shape index (κ1) is 18.9. The van der Waals surface area contributed by atoms with E-state index in [4.69, 9.17) is 21.4 Å². The van der Waals surface area contributed by atoms with Gasteiger partial charge in [-0.15, -0.1) is 0 Å². The van der Waals surface area contributed by atoms with Gasteiger partial charge in [-0.25, -0.2) is 0 Å². The Balaban J connectivity index is 1.59. The summed E-state index contributed by atoms with van der Waals surface area (Å²) in [5.41, 5.74) is 2.28. The van der Waals surface area contributed by atoms with Crippen molar-refractivity contribution in [3.05, 3.63) is 76.6 Å². The lowest BCUT2D eigenvalue weighted by Crippen LogP contribution is -2.22. The zero-order valence-corrected chi connectivity index (χ0v) is 15.6. The predicted molar refractivity (Wildman–Crippen MR) is 103 cm³/mol. The first-order valence-electron chi connectivity index (χ1n) is 8.50. The lowest BCUT2D eigenvalue weighted by Gasteiger charge is -2.08. The average molecular weight is 386 g/mol. The van der Waals surface area contributed by atoms with Crippen LogP contribution >= 0.6 is 11.6 Å². The molecule has 0 atom stereocenters. The minimum Gasteiger partial charge on any atom is -0.457 e. The molecular formula is C20H20ClN3O3. The van der Waals surface area contributed by atoms with Gasteiger partial charge in [0.25, 0.3) is 5.91 Å². The summed E-state index contributed by atoms with van der Waals surface area (Å²) in [4.78, 5) is 12.3. The molecule has 0 saturated carbocycles. The fourth-order valence-corrected chi connectivity index (χ4v) is 2.75. The molecule has 1 amide bonds. The van der Waals surface area contributed by atoms with E-state index in [0.29, 0.717) is 35.2 Å². The van der Waals surface area contributed by atoms with Crippen molar-refractivity contribution in [2.75, 3.05) is 6.61 Å². The van der Waals surface area contributed by atoms with Gasteiger partial charge >= 0.3 is 0 Å². The van der Waals surface area contributed by atoms with Gasteiger partial charge in [0.2, 0.25) is 0 Å². The zero-order valence-electron chi connectivity index (χ0n) is 14.9. The first-order valence-corrected chi connectivity index (χ1v) is 8.88. The van der Waals surface area contributed by atoms with Crippen LogP contribution in [0.1, 0.15) is 21.6 Å². The summed E-state index contributed by atoms with van der Waals surface area (Å²) >= 11 is 5.94. The van der Waals surface area contributed by atoms with Gasteiger partial charge in [0.1, 0.15) is 11.5 Å². The first-order chi connectivity index (χ1) is 13.0. The van der Waals surface area contributed by atoms with Crippen molar-refractivity contribution in [2.24, 2.45) is 0 Å². The van der Waals surface area contributed by atoms with Crippen molar-refractivity contribution < 1.29 is 14.6 Å². The lowest BCUT2D eigenvalue weighted by atomic mass is 10.2. The van der Waals surface area contributed by atoms with Crippen LogP contribution in [0.15, 0.2) is 54.7 Å². The van der Waals surface area contributed by atoms with Crippen molar-refractivity contribution >= 4 is 17.5 Å². The Morgan fingerprint density at radius 1 is 1.22 bits per heavy atom. The average Bonchev–Trinajstić information content (AvgIpc) is 3.00. The Bertz CT molecular complexity index is 922. The van der Waals surface area contributed by atoms with E-state index in [0.717, 1.165) is 11.3 Å². The fraction of sp³-hybridized carbons (Fsp3) is 0.200. The summed E-state index contributed by atoms with van der Waals surface area (Å²) in [7, 11) is 0. The highest BCUT2D eigenvalue weighted by molar-refractivity contribution is 6.30. The number of halogens is 1. The molecule has 0 saturated heterocycles. The number of carbonyl (C=O) groups is 1. The molecule has 2 aromatic carbocycles. The smallest absolute Gasteiger partial charge is 0.251 e. The highest BCUT2D eigenvalue weighted by Gasteiger charge is 2.09. The number of aryl methyl sites for hydroxylation is 1. The van der Waals surface area contributed by atoms with E-state index in [9.17, 15) is 4.79 Å². The molecule has 140 valence electrons. The van der Waals surface area contributed by atoms with Crippen LogP contribution in [0.25, 0.3) is 0 Å². The molecule has 0 aliphatic carbocycles. The van der Waals surface area contributed by atoms with Gasteiger partial charge in [-0.2, -0.15) is 5.10 Å². The normalized spacial score (nSPS) is 10.6. The molecule has 0 fully saturated rings. The molecule has 3 rings (SSSR count). The Hall–Kier alpha value is -2.83. The summed E-state index contributed by atoms with van der Waals surface area (Å²) in [5, 5.41) is 16.7. The molecule has 0 bridgehead atoms. The molecule has 1 aromatic heterocycles. The summed E-state index contributed by atoms with van der Waals surface area (Å²) in [5.74, 6) is 1.07. The number of benzene rings is 2. The van der Waals surface area contributed by atoms with Gasteiger partial charge < -0.3 is 15.2 Å².